The first-order valence-corrected chi connectivity index (χ1v) is 15.6. The van der Waals surface area contributed by atoms with Crippen LogP contribution in [0.25, 0.3) is 0 Å². The van der Waals surface area contributed by atoms with Crippen LogP contribution in [0.15, 0.2) is 20.0 Å². The van der Waals surface area contributed by atoms with E-state index in [4.69, 9.17) is 0 Å². The Labute approximate surface area is 163 Å². The van der Waals surface area contributed by atoms with Crippen LogP contribution in [0, 0.1) is 5.41 Å². The first kappa shape index (κ1) is 25.6. The molecule has 0 nitrogen and oxygen atoms in total. The molecule has 0 saturated carbocycles. The van der Waals surface area contributed by atoms with Crippen molar-refractivity contribution in [2.24, 2.45) is 5.41 Å². The average molecular weight is 530 g/mol. The van der Waals surface area contributed by atoms with Crippen LogP contribution < -0.4 is 24.8 Å². The van der Waals surface area contributed by atoms with Gasteiger partial charge in [-0.3, -0.25) is 0 Å². The van der Waals surface area contributed by atoms with Gasteiger partial charge in [-0.05, 0) is 0 Å². The molecule has 0 atom stereocenters. The summed E-state index contributed by atoms with van der Waals surface area (Å²) in [6.07, 6.45) is 0. The van der Waals surface area contributed by atoms with Gasteiger partial charge in [-0.25, -0.2) is 0 Å². The molecule has 0 heterocycles. The molecule has 0 amide bonds. The molecule has 0 saturated heterocycles. The second-order valence-corrected chi connectivity index (χ2v) is 21.3. The Balaban J connectivity index is 0. The van der Waals surface area contributed by atoms with Crippen LogP contribution in [-0.4, -0.2) is 10.3 Å². The molecule has 0 bridgehead atoms. The summed E-state index contributed by atoms with van der Waals surface area (Å²) in [5, 5.41) is 1.11. The normalized spacial score (nSPS) is 18.2. The summed E-state index contributed by atoms with van der Waals surface area (Å²) in [5.74, 6) is 0. The minimum absolute atomic E-state index is 0. The second-order valence-electron chi connectivity index (χ2n) is 8.66. The minimum atomic E-state index is -0.822. The molecular weight excluding hydrogens is 497 g/mol. The van der Waals surface area contributed by atoms with E-state index in [2.05, 4.69) is 76.2 Å². The summed E-state index contributed by atoms with van der Waals surface area (Å²) in [6, 6.07) is 0. The molecular formula is C18H33Cl2HfP. The monoisotopic (exact) mass is 530 g/mol. The summed E-state index contributed by atoms with van der Waals surface area (Å²) in [4.78, 5) is 0. The molecule has 0 radical (unpaired) electrons. The van der Waals surface area contributed by atoms with Crippen LogP contribution in [0.4, 0.5) is 0 Å². The number of allylic oxidation sites excluding steroid dienone is 4. The van der Waals surface area contributed by atoms with E-state index in [0.717, 1.165) is 0 Å². The van der Waals surface area contributed by atoms with Crippen molar-refractivity contribution in [2.75, 3.05) is 0 Å². The molecule has 0 fully saturated rings. The third-order valence-electron chi connectivity index (χ3n) is 4.63. The van der Waals surface area contributed by atoms with Gasteiger partial charge < -0.3 is 24.8 Å². The van der Waals surface area contributed by atoms with Gasteiger partial charge in [-0.1, -0.05) is 0 Å². The van der Waals surface area contributed by atoms with Gasteiger partial charge in [0.1, 0.15) is 0 Å². The van der Waals surface area contributed by atoms with Crippen molar-refractivity contribution in [3.8, 4) is 0 Å². The largest absolute Gasteiger partial charge is 1.00 e. The molecule has 0 aromatic rings. The first-order valence-electron chi connectivity index (χ1n) is 7.67. The van der Waals surface area contributed by atoms with Gasteiger partial charge in [0.25, 0.3) is 0 Å². The molecule has 0 unspecified atom stereocenters. The topological polar surface area (TPSA) is 0 Å². The maximum absolute atomic E-state index is 2.47. The summed E-state index contributed by atoms with van der Waals surface area (Å²) in [7, 11) is 0. The van der Waals surface area contributed by atoms with Crippen molar-refractivity contribution in [3.05, 3.63) is 20.0 Å². The predicted molar refractivity (Wildman–Crippen MR) is 91.3 cm³/mol. The van der Waals surface area contributed by atoms with Gasteiger partial charge in [-0.2, -0.15) is 0 Å². The number of halogens is 2. The Morgan fingerprint density at radius 2 is 1.14 bits per heavy atom. The summed E-state index contributed by atoms with van der Waals surface area (Å²) in [6.45, 7) is 26.8. The Hall–Kier alpha value is 1.36. The van der Waals surface area contributed by atoms with E-state index in [1.807, 2.05) is 3.33 Å². The van der Waals surface area contributed by atoms with Gasteiger partial charge in [-0.15, -0.1) is 0 Å². The van der Waals surface area contributed by atoms with E-state index in [1.165, 1.54) is 0 Å². The molecule has 1 aliphatic carbocycles. The number of rotatable bonds is 2. The Morgan fingerprint density at radius 3 is 1.36 bits per heavy atom. The van der Waals surface area contributed by atoms with Gasteiger partial charge in [0, 0.05) is 0 Å². The molecule has 0 aromatic heterocycles. The van der Waals surface area contributed by atoms with Crippen LogP contribution in [0.5, 0.6) is 0 Å². The van der Waals surface area contributed by atoms with Crippen molar-refractivity contribution in [1.82, 2.24) is 0 Å². The summed E-state index contributed by atoms with van der Waals surface area (Å²) in [5.41, 5.74) is 5.19. The third-order valence-corrected chi connectivity index (χ3v) is 30.6. The van der Waals surface area contributed by atoms with E-state index in [1.54, 1.807) is 16.7 Å². The molecule has 1 aliphatic rings. The fourth-order valence-corrected chi connectivity index (χ4v) is 22.4. The minimum Gasteiger partial charge on any atom is -1.00 e. The molecule has 22 heavy (non-hydrogen) atoms. The fourth-order valence-electron chi connectivity index (χ4n) is 3.27. The zero-order valence-corrected chi connectivity index (χ0v) is 22.2. The van der Waals surface area contributed by atoms with Crippen molar-refractivity contribution >= 4 is 5.27 Å². The van der Waals surface area contributed by atoms with Crippen molar-refractivity contribution < 1.29 is 47.1 Å². The summed E-state index contributed by atoms with van der Waals surface area (Å²) < 4.78 is 1.89. The Morgan fingerprint density at radius 1 is 0.773 bits per heavy atom. The van der Waals surface area contributed by atoms with E-state index in [-0.39, 0.29) is 30.1 Å². The van der Waals surface area contributed by atoms with E-state index in [9.17, 15) is 0 Å². The molecule has 0 aliphatic heterocycles. The Bertz CT molecular complexity index is 448. The zero-order valence-electron chi connectivity index (χ0n) is 16.2. The number of hydrogen-bond acceptors (Lipinski definition) is 0. The van der Waals surface area contributed by atoms with Crippen molar-refractivity contribution in [1.29, 1.82) is 0 Å². The quantitative estimate of drug-likeness (QED) is 0.366. The molecule has 1 rings (SSSR count). The van der Waals surface area contributed by atoms with E-state index >= 15 is 0 Å². The third kappa shape index (κ3) is 5.18. The molecule has 4 heteroatoms. The van der Waals surface area contributed by atoms with Crippen molar-refractivity contribution in [3.63, 3.8) is 0 Å². The Kier molecular flexibility index (Phi) is 9.49. The SMILES string of the molecule is CC1=C(C)C(C)(C)[C]([Hf+2][P](C(C)(C)C)C(C)(C)C)=C1C.[Cl-].[Cl-]. The predicted octanol–water partition coefficient (Wildman–Crippen LogP) is 0.721. The van der Waals surface area contributed by atoms with Crippen LogP contribution in [0.3, 0.4) is 0 Å². The van der Waals surface area contributed by atoms with Gasteiger partial charge in [0.2, 0.25) is 0 Å². The fraction of sp³-hybridized carbons (Fsp3) is 0.778. The molecule has 0 N–H and O–H groups in total. The summed E-state index contributed by atoms with van der Waals surface area (Å²) >= 11 is -0.822. The number of hydrogen-bond donors (Lipinski definition) is 0. The van der Waals surface area contributed by atoms with Crippen LogP contribution in [0.1, 0.15) is 76.2 Å². The molecule has 0 aromatic carbocycles. The molecule has 0 spiro atoms. The zero-order chi connectivity index (χ0) is 16.1. The standard InChI is InChI=1S/C10H15.C8H18P.2ClH.Hf/c1-7-6-10(4,5)9(3)8(7)2;1-7(2,3)9-8(4,5)6;;;/h1-5H3;1-6H3;2*1H;/q;-1;;;+3/p-2. The van der Waals surface area contributed by atoms with Gasteiger partial charge in [0.15, 0.2) is 0 Å². The second kappa shape index (κ2) is 8.16. The van der Waals surface area contributed by atoms with Gasteiger partial charge >= 0.3 is 140 Å². The van der Waals surface area contributed by atoms with E-state index < -0.39 is 22.3 Å². The first-order chi connectivity index (χ1) is 8.70. The maximum atomic E-state index is 2.47. The maximum Gasteiger partial charge on any atom is -1.00 e. The van der Waals surface area contributed by atoms with Crippen molar-refractivity contribution in [2.45, 2.75) is 86.5 Å². The average Bonchev–Trinajstić information content (AvgIpc) is 2.35. The smallest absolute Gasteiger partial charge is 1.00 e. The van der Waals surface area contributed by atoms with Crippen LogP contribution >= 0.6 is 5.27 Å². The van der Waals surface area contributed by atoms with Crippen LogP contribution in [0.2, 0.25) is 0 Å². The molecule has 128 valence electrons. The van der Waals surface area contributed by atoms with Crippen LogP contribution in [-0.2, 0) is 22.3 Å². The van der Waals surface area contributed by atoms with E-state index in [0.29, 0.717) is 15.7 Å². The van der Waals surface area contributed by atoms with Gasteiger partial charge in [0.05, 0.1) is 0 Å².